The van der Waals surface area contributed by atoms with Gasteiger partial charge < -0.3 is 9.84 Å². The first-order valence-electron chi connectivity index (χ1n) is 3.48. The van der Waals surface area contributed by atoms with Crippen LogP contribution in [0.15, 0.2) is 9.81 Å². The lowest BCUT2D eigenvalue weighted by atomic mass is 10.5. The molecule has 0 fully saturated rings. The normalized spacial score (nSPS) is 17.0. The first-order valence-corrected chi connectivity index (χ1v) is 5.45. The van der Waals surface area contributed by atoms with E-state index in [-0.39, 0.29) is 9.81 Å². The molecule has 0 saturated carbocycles. The molecule has 0 bridgehead atoms. The molecular weight excluding hydrogens is 212 g/mol. The van der Waals surface area contributed by atoms with Gasteiger partial charge in [0, 0.05) is 11.5 Å². The van der Waals surface area contributed by atoms with E-state index >= 15 is 0 Å². The van der Waals surface area contributed by atoms with E-state index in [0.29, 0.717) is 5.75 Å². The number of ether oxygens (including phenoxy) is 1. The van der Waals surface area contributed by atoms with Gasteiger partial charge >= 0.3 is 11.9 Å². The van der Waals surface area contributed by atoms with Crippen LogP contribution in [-0.2, 0) is 14.3 Å². The lowest BCUT2D eigenvalue weighted by Crippen LogP contribution is -2.13. The minimum Gasteiger partial charge on any atom is -0.477 e. The van der Waals surface area contributed by atoms with Crippen LogP contribution in [0.3, 0.4) is 0 Å². The van der Waals surface area contributed by atoms with Crippen LogP contribution in [0, 0.1) is 0 Å². The van der Waals surface area contributed by atoms with Crippen LogP contribution in [0.4, 0.5) is 0 Å². The third kappa shape index (κ3) is 2.41. The highest BCUT2D eigenvalue weighted by molar-refractivity contribution is 8.11. The van der Waals surface area contributed by atoms with Gasteiger partial charge in [-0.2, -0.15) is 0 Å². The van der Waals surface area contributed by atoms with Crippen LogP contribution >= 0.6 is 23.5 Å². The maximum atomic E-state index is 11.1. The van der Waals surface area contributed by atoms with Crippen molar-refractivity contribution < 1.29 is 19.4 Å². The molecule has 1 rings (SSSR count). The quantitative estimate of drug-likeness (QED) is 0.699. The average Bonchev–Trinajstić information content (AvgIpc) is 2.16. The predicted octanol–water partition coefficient (Wildman–Crippen LogP) is 0.936. The van der Waals surface area contributed by atoms with Crippen molar-refractivity contribution in [2.24, 2.45) is 0 Å². The number of carboxylic acids is 1. The first kappa shape index (κ1) is 10.5. The molecule has 0 aromatic heterocycles. The molecule has 0 amide bonds. The molecule has 13 heavy (non-hydrogen) atoms. The highest BCUT2D eigenvalue weighted by Crippen LogP contribution is 2.34. The van der Waals surface area contributed by atoms with E-state index in [4.69, 9.17) is 5.11 Å². The van der Waals surface area contributed by atoms with Gasteiger partial charge in [0.2, 0.25) is 0 Å². The summed E-state index contributed by atoms with van der Waals surface area (Å²) in [6, 6.07) is 0. The Morgan fingerprint density at radius 1 is 1.31 bits per heavy atom. The Kier molecular flexibility index (Phi) is 3.68. The number of aliphatic carboxylic acids is 1. The van der Waals surface area contributed by atoms with Gasteiger partial charge in [0.25, 0.3) is 0 Å². The molecule has 0 spiro atoms. The molecular formula is C7H8O4S2. The van der Waals surface area contributed by atoms with Crippen LogP contribution in [0.2, 0.25) is 0 Å². The number of methoxy groups -OCH3 is 1. The summed E-state index contributed by atoms with van der Waals surface area (Å²) < 4.78 is 4.48. The van der Waals surface area contributed by atoms with Crippen molar-refractivity contribution >= 4 is 35.5 Å². The summed E-state index contributed by atoms with van der Waals surface area (Å²) in [4.78, 5) is 22.1. The number of esters is 1. The highest BCUT2D eigenvalue weighted by atomic mass is 32.2. The summed E-state index contributed by atoms with van der Waals surface area (Å²) in [6.45, 7) is 0. The molecule has 0 aromatic carbocycles. The molecule has 1 aliphatic rings. The van der Waals surface area contributed by atoms with Crippen LogP contribution < -0.4 is 0 Å². The number of rotatable bonds is 2. The molecule has 0 aromatic rings. The van der Waals surface area contributed by atoms with Crippen molar-refractivity contribution in [2.45, 2.75) is 0 Å². The smallest absolute Gasteiger partial charge is 0.345 e. The second kappa shape index (κ2) is 4.57. The number of thioether (sulfide) groups is 2. The Labute approximate surface area is 83.7 Å². The molecule has 72 valence electrons. The van der Waals surface area contributed by atoms with Crippen molar-refractivity contribution in [2.75, 3.05) is 18.6 Å². The lowest BCUT2D eigenvalue weighted by Gasteiger charge is -2.13. The summed E-state index contributed by atoms with van der Waals surface area (Å²) in [7, 11) is 1.24. The standard InChI is InChI=1S/C7H8O4S2/c1-11-7(10)5-4(6(8)9)12-2-3-13-5/h2-3H2,1H3,(H,8,9). The third-order valence-corrected chi connectivity index (χ3v) is 3.88. The lowest BCUT2D eigenvalue weighted by molar-refractivity contribution is -0.136. The Balaban J connectivity index is 2.96. The van der Waals surface area contributed by atoms with Gasteiger partial charge in [-0.15, -0.1) is 23.5 Å². The third-order valence-electron chi connectivity index (χ3n) is 1.35. The monoisotopic (exact) mass is 220 g/mol. The fourth-order valence-corrected chi connectivity index (χ4v) is 3.01. The Bertz CT molecular complexity index is 272. The predicted molar refractivity (Wildman–Crippen MR) is 51.6 cm³/mol. The maximum absolute atomic E-state index is 11.1. The highest BCUT2D eigenvalue weighted by Gasteiger charge is 2.25. The SMILES string of the molecule is COC(=O)C1=C(C(=O)O)SCCS1. The fourth-order valence-electron chi connectivity index (χ4n) is 0.822. The van der Waals surface area contributed by atoms with E-state index in [1.807, 2.05) is 0 Å². The van der Waals surface area contributed by atoms with Crippen molar-refractivity contribution in [1.29, 1.82) is 0 Å². The number of hydrogen-bond donors (Lipinski definition) is 1. The van der Waals surface area contributed by atoms with Gasteiger partial charge in [-0.25, -0.2) is 9.59 Å². The Morgan fingerprint density at radius 2 is 1.85 bits per heavy atom. The molecule has 0 atom stereocenters. The van der Waals surface area contributed by atoms with E-state index in [1.54, 1.807) is 0 Å². The van der Waals surface area contributed by atoms with Crippen molar-refractivity contribution in [3.05, 3.63) is 9.81 Å². The molecule has 0 saturated heterocycles. The number of hydrogen-bond acceptors (Lipinski definition) is 5. The summed E-state index contributed by atoms with van der Waals surface area (Å²) in [6.07, 6.45) is 0. The van der Waals surface area contributed by atoms with Gasteiger partial charge in [0.05, 0.1) is 7.11 Å². The van der Waals surface area contributed by atoms with Crippen molar-refractivity contribution in [1.82, 2.24) is 0 Å². The molecule has 1 N–H and O–H groups in total. The number of carbonyl (C=O) groups excluding carboxylic acids is 1. The topological polar surface area (TPSA) is 63.6 Å². The zero-order chi connectivity index (χ0) is 9.84. The van der Waals surface area contributed by atoms with Gasteiger partial charge in [-0.05, 0) is 0 Å². The van der Waals surface area contributed by atoms with Gasteiger partial charge in [0.15, 0.2) is 0 Å². The molecule has 0 unspecified atom stereocenters. The summed E-state index contributed by atoms with van der Waals surface area (Å²) in [5.74, 6) is -0.161. The van der Waals surface area contributed by atoms with E-state index in [0.717, 1.165) is 5.75 Å². The van der Waals surface area contributed by atoms with Crippen LogP contribution in [-0.4, -0.2) is 35.7 Å². The molecule has 0 aliphatic carbocycles. The first-order chi connectivity index (χ1) is 6.16. The molecule has 1 heterocycles. The van der Waals surface area contributed by atoms with Crippen molar-refractivity contribution in [3.8, 4) is 0 Å². The minimum atomic E-state index is -1.06. The fraction of sp³-hybridized carbons (Fsp3) is 0.429. The second-order valence-electron chi connectivity index (χ2n) is 2.15. The molecule has 4 nitrogen and oxygen atoms in total. The molecule has 0 radical (unpaired) electrons. The van der Waals surface area contributed by atoms with Gasteiger partial charge in [0.1, 0.15) is 9.81 Å². The van der Waals surface area contributed by atoms with E-state index in [2.05, 4.69) is 4.74 Å². The summed E-state index contributed by atoms with van der Waals surface area (Å²) in [5, 5.41) is 8.75. The van der Waals surface area contributed by atoms with Crippen LogP contribution in [0.1, 0.15) is 0 Å². The van der Waals surface area contributed by atoms with Crippen LogP contribution in [0.25, 0.3) is 0 Å². The zero-order valence-electron chi connectivity index (χ0n) is 6.90. The van der Waals surface area contributed by atoms with Crippen LogP contribution in [0.5, 0.6) is 0 Å². The molecule has 1 aliphatic heterocycles. The Hall–Kier alpha value is -0.620. The van der Waals surface area contributed by atoms with E-state index in [1.165, 1.54) is 30.6 Å². The minimum absolute atomic E-state index is 0.100. The van der Waals surface area contributed by atoms with Gasteiger partial charge in [-0.3, -0.25) is 0 Å². The number of carbonyl (C=O) groups is 2. The van der Waals surface area contributed by atoms with Crippen molar-refractivity contribution in [3.63, 3.8) is 0 Å². The zero-order valence-corrected chi connectivity index (χ0v) is 8.54. The summed E-state index contributed by atoms with van der Waals surface area (Å²) >= 11 is 2.42. The molecule has 6 heteroatoms. The largest absolute Gasteiger partial charge is 0.477 e. The maximum Gasteiger partial charge on any atom is 0.345 e. The summed E-state index contributed by atoms with van der Waals surface area (Å²) in [5.41, 5.74) is 0. The Morgan fingerprint density at radius 3 is 2.31 bits per heavy atom. The second-order valence-corrected chi connectivity index (χ2v) is 4.36. The number of carboxylic acid groups (broad SMARTS) is 1. The average molecular weight is 220 g/mol. The van der Waals surface area contributed by atoms with E-state index in [9.17, 15) is 9.59 Å². The van der Waals surface area contributed by atoms with E-state index < -0.39 is 11.9 Å². The van der Waals surface area contributed by atoms with Gasteiger partial charge in [-0.1, -0.05) is 0 Å².